The lowest BCUT2D eigenvalue weighted by Crippen LogP contribution is -2.60. The van der Waals surface area contributed by atoms with Crippen LogP contribution in [0.1, 0.15) is 40.6 Å². The molecule has 3 atom stereocenters. The number of benzene rings is 1. The molecule has 4 aliphatic rings. The summed E-state index contributed by atoms with van der Waals surface area (Å²) in [5, 5.41) is 0. The smallest absolute Gasteiger partial charge is 0.291 e. The molecule has 0 saturated carbocycles. The van der Waals surface area contributed by atoms with Gasteiger partial charge < -0.3 is 14.1 Å². The Morgan fingerprint density at radius 1 is 1.22 bits per heavy atom. The highest BCUT2D eigenvalue weighted by Gasteiger charge is 2.55. The highest BCUT2D eigenvalue weighted by Crippen LogP contribution is 2.48. The molecule has 1 aromatic carbocycles. The first-order valence-electron chi connectivity index (χ1n) is 9.77. The minimum atomic E-state index is -0.0221. The lowest BCUT2D eigenvalue weighted by atomic mass is 9.75. The van der Waals surface area contributed by atoms with Crippen molar-refractivity contribution in [3.63, 3.8) is 0 Å². The van der Waals surface area contributed by atoms with Crippen LogP contribution in [0.3, 0.4) is 0 Å². The van der Waals surface area contributed by atoms with Gasteiger partial charge in [0.05, 0.1) is 18.8 Å². The lowest BCUT2D eigenvalue weighted by Gasteiger charge is -2.51. The number of fused-ring (bicyclic) bond motifs is 2. The molecule has 6 nitrogen and oxygen atoms in total. The van der Waals surface area contributed by atoms with E-state index < -0.39 is 0 Å². The first-order valence-corrected chi connectivity index (χ1v) is 9.77. The number of hydrogen-bond acceptors (Lipinski definition) is 5. The molecule has 0 radical (unpaired) electrons. The molecule has 3 unspecified atom stereocenters. The zero-order chi connectivity index (χ0) is 18.5. The van der Waals surface area contributed by atoms with Crippen molar-refractivity contribution in [1.29, 1.82) is 0 Å². The molecule has 142 valence electrons. The highest BCUT2D eigenvalue weighted by molar-refractivity contribution is 5.93. The first-order chi connectivity index (χ1) is 13.2. The minimum Gasteiger partial charge on any atom is -0.496 e. The average Bonchev–Trinajstić information content (AvgIpc) is 3.33. The number of aryl methyl sites for hydroxylation is 1. The number of carbonyl (C=O) groups is 1. The number of nitrogens with zero attached hydrogens (tertiary/aromatic N) is 3. The lowest BCUT2D eigenvalue weighted by molar-refractivity contribution is -0.00441. The Kier molecular flexibility index (Phi) is 3.97. The van der Waals surface area contributed by atoms with Crippen LogP contribution in [0.25, 0.3) is 0 Å². The zero-order valence-electron chi connectivity index (χ0n) is 15.8. The van der Waals surface area contributed by atoms with Crippen LogP contribution in [0, 0.1) is 12.8 Å². The normalized spacial score (nSPS) is 31.8. The molecule has 6 heteroatoms. The predicted octanol–water partition coefficient (Wildman–Crippen LogP) is 2.69. The van der Waals surface area contributed by atoms with Crippen LogP contribution in [0.15, 0.2) is 35.1 Å². The van der Waals surface area contributed by atoms with Crippen LogP contribution in [-0.4, -0.2) is 59.5 Å². The van der Waals surface area contributed by atoms with E-state index in [9.17, 15) is 4.79 Å². The standard InChI is InChI=1S/C21H25N3O3/c1-13-20(27-12-22-13)21(25)24-11-16(15-5-3-4-6-17(15)26-2)19-18(24)14-7-9-23(19)10-8-14/h3-6,12,14,16,18-19H,7-11H2,1-2H3. The topological polar surface area (TPSA) is 58.8 Å². The summed E-state index contributed by atoms with van der Waals surface area (Å²) < 4.78 is 11.1. The third kappa shape index (κ3) is 2.50. The summed E-state index contributed by atoms with van der Waals surface area (Å²) in [7, 11) is 1.72. The Morgan fingerprint density at radius 3 is 2.70 bits per heavy atom. The number of aromatic nitrogens is 1. The van der Waals surface area contributed by atoms with Crippen molar-refractivity contribution >= 4 is 5.91 Å². The van der Waals surface area contributed by atoms with Crippen LogP contribution < -0.4 is 4.74 Å². The van der Waals surface area contributed by atoms with Crippen molar-refractivity contribution in [1.82, 2.24) is 14.8 Å². The maximum Gasteiger partial charge on any atom is 0.291 e. The van der Waals surface area contributed by atoms with Crippen LogP contribution in [0.2, 0.25) is 0 Å². The number of carbonyl (C=O) groups excluding carboxylic acids is 1. The Morgan fingerprint density at radius 2 is 2.00 bits per heavy atom. The molecule has 4 aliphatic heterocycles. The van der Waals surface area contributed by atoms with Gasteiger partial charge in [-0.15, -0.1) is 0 Å². The van der Waals surface area contributed by atoms with Crippen molar-refractivity contribution in [3.05, 3.63) is 47.7 Å². The average molecular weight is 367 g/mol. The second kappa shape index (κ2) is 6.37. The monoisotopic (exact) mass is 367 g/mol. The number of hydrogen-bond donors (Lipinski definition) is 0. The number of piperidine rings is 3. The fraction of sp³-hybridized carbons (Fsp3) is 0.524. The predicted molar refractivity (Wildman–Crippen MR) is 99.9 cm³/mol. The van der Waals surface area contributed by atoms with Gasteiger partial charge in [-0.3, -0.25) is 9.69 Å². The Balaban J connectivity index is 1.56. The van der Waals surface area contributed by atoms with E-state index in [1.807, 2.05) is 19.1 Å². The third-order valence-corrected chi connectivity index (χ3v) is 6.73. The number of likely N-dealkylation sites (tertiary alicyclic amines) is 1. The maximum atomic E-state index is 13.3. The molecule has 2 bridgehead atoms. The minimum absolute atomic E-state index is 0.0221. The zero-order valence-corrected chi connectivity index (χ0v) is 15.8. The quantitative estimate of drug-likeness (QED) is 0.835. The number of methoxy groups -OCH3 is 1. The van der Waals surface area contributed by atoms with Crippen molar-refractivity contribution in [3.8, 4) is 5.75 Å². The molecule has 1 amide bonds. The van der Waals surface area contributed by atoms with Gasteiger partial charge in [0.1, 0.15) is 5.75 Å². The van der Waals surface area contributed by atoms with E-state index in [0.29, 0.717) is 30.0 Å². The van der Waals surface area contributed by atoms with E-state index in [4.69, 9.17) is 9.15 Å². The SMILES string of the molecule is COc1ccccc1C1CN(C(=O)c2ocnc2C)C2C3CCN(CC3)C12. The molecule has 2 aromatic rings. The first kappa shape index (κ1) is 16.8. The summed E-state index contributed by atoms with van der Waals surface area (Å²) in [6.07, 6.45) is 3.70. The van der Waals surface area contributed by atoms with Crippen molar-refractivity contribution in [2.75, 3.05) is 26.7 Å². The van der Waals surface area contributed by atoms with Gasteiger partial charge in [0, 0.05) is 24.1 Å². The molecule has 4 fully saturated rings. The summed E-state index contributed by atoms with van der Waals surface area (Å²) in [6, 6.07) is 8.82. The van der Waals surface area contributed by atoms with Crippen molar-refractivity contribution < 1.29 is 13.9 Å². The maximum absolute atomic E-state index is 13.3. The van der Waals surface area contributed by atoms with Gasteiger partial charge in [0.15, 0.2) is 6.39 Å². The van der Waals surface area contributed by atoms with Crippen molar-refractivity contribution in [2.24, 2.45) is 5.92 Å². The molecule has 0 aliphatic carbocycles. The molecular weight excluding hydrogens is 342 g/mol. The molecule has 6 rings (SSSR count). The van der Waals surface area contributed by atoms with Gasteiger partial charge in [-0.1, -0.05) is 18.2 Å². The van der Waals surface area contributed by atoms with E-state index in [-0.39, 0.29) is 17.9 Å². The number of rotatable bonds is 3. The fourth-order valence-corrected chi connectivity index (χ4v) is 5.54. The van der Waals surface area contributed by atoms with Crippen LogP contribution in [-0.2, 0) is 0 Å². The highest BCUT2D eigenvalue weighted by atomic mass is 16.5. The van der Waals surface area contributed by atoms with E-state index >= 15 is 0 Å². The van der Waals surface area contributed by atoms with Gasteiger partial charge in [-0.2, -0.15) is 0 Å². The van der Waals surface area contributed by atoms with Gasteiger partial charge in [0.25, 0.3) is 5.91 Å². The fourth-order valence-electron chi connectivity index (χ4n) is 5.54. The third-order valence-electron chi connectivity index (χ3n) is 6.73. The Hall–Kier alpha value is -2.34. The summed E-state index contributed by atoms with van der Waals surface area (Å²) in [5.74, 6) is 2.08. The summed E-state index contributed by atoms with van der Waals surface area (Å²) in [4.78, 5) is 22.1. The molecule has 1 aromatic heterocycles. The van der Waals surface area contributed by atoms with E-state index in [1.165, 1.54) is 24.8 Å². The second-order valence-corrected chi connectivity index (χ2v) is 7.93. The van der Waals surface area contributed by atoms with Crippen molar-refractivity contribution in [2.45, 2.75) is 37.8 Å². The molecule has 0 spiro atoms. The second-order valence-electron chi connectivity index (χ2n) is 7.93. The summed E-state index contributed by atoms with van der Waals surface area (Å²) >= 11 is 0. The number of amides is 1. The molecule has 5 heterocycles. The Bertz CT molecular complexity index is 856. The van der Waals surface area contributed by atoms with Gasteiger partial charge in [-0.05, 0) is 44.8 Å². The van der Waals surface area contributed by atoms with Crippen LogP contribution in [0.5, 0.6) is 5.75 Å². The van der Waals surface area contributed by atoms with E-state index in [0.717, 1.165) is 18.8 Å². The van der Waals surface area contributed by atoms with E-state index in [2.05, 4.69) is 26.9 Å². The Labute approximate surface area is 159 Å². The molecule has 27 heavy (non-hydrogen) atoms. The number of para-hydroxylation sites is 1. The van der Waals surface area contributed by atoms with Crippen LogP contribution >= 0.6 is 0 Å². The summed E-state index contributed by atoms with van der Waals surface area (Å²) in [5.41, 5.74) is 1.87. The number of ether oxygens (including phenoxy) is 1. The largest absolute Gasteiger partial charge is 0.496 e. The van der Waals surface area contributed by atoms with Crippen LogP contribution in [0.4, 0.5) is 0 Å². The summed E-state index contributed by atoms with van der Waals surface area (Å²) in [6.45, 7) is 4.78. The van der Waals surface area contributed by atoms with Gasteiger partial charge >= 0.3 is 0 Å². The van der Waals surface area contributed by atoms with Gasteiger partial charge in [0.2, 0.25) is 5.76 Å². The van der Waals surface area contributed by atoms with E-state index in [1.54, 1.807) is 7.11 Å². The van der Waals surface area contributed by atoms with Gasteiger partial charge in [-0.25, -0.2) is 4.98 Å². The number of oxazole rings is 1. The molecule has 0 N–H and O–H groups in total. The molecule has 4 saturated heterocycles. The molecular formula is C21H25N3O3.